The second-order valence-electron chi connectivity index (χ2n) is 6.52. The minimum absolute atomic E-state index is 0.172. The van der Waals surface area contributed by atoms with Crippen molar-refractivity contribution in [3.63, 3.8) is 0 Å². The van der Waals surface area contributed by atoms with Crippen LogP contribution in [0.1, 0.15) is 13.8 Å². The zero-order chi connectivity index (χ0) is 18.6. The van der Waals surface area contributed by atoms with Gasteiger partial charge in [-0.3, -0.25) is 15.0 Å². The fourth-order valence-electron chi connectivity index (χ4n) is 3.06. The zero-order valence-electron chi connectivity index (χ0n) is 14.8. The minimum atomic E-state index is -3.68. The zero-order valence-corrected chi connectivity index (χ0v) is 15.6. The number of nitro benzene ring substituents is 1. The van der Waals surface area contributed by atoms with Crippen LogP contribution in [0.5, 0.6) is 0 Å². The van der Waals surface area contributed by atoms with Gasteiger partial charge in [0.05, 0.1) is 18.1 Å². The Kier molecular flexibility index (Phi) is 6.36. The van der Waals surface area contributed by atoms with Gasteiger partial charge in [0, 0.05) is 31.9 Å². The number of hydrogen-bond donors (Lipinski definition) is 1. The van der Waals surface area contributed by atoms with E-state index in [0.29, 0.717) is 25.7 Å². The summed E-state index contributed by atoms with van der Waals surface area (Å²) >= 11 is 0. The molecule has 9 heteroatoms. The number of rotatable bonds is 7. The summed E-state index contributed by atoms with van der Waals surface area (Å²) in [5.41, 5.74) is -0.165. The van der Waals surface area contributed by atoms with Crippen LogP contribution >= 0.6 is 0 Å². The third-order valence-electron chi connectivity index (χ3n) is 4.37. The Labute approximate surface area is 148 Å². The van der Waals surface area contributed by atoms with Crippen LogP contribution in [0.3, 0.4) is 0 Å². The number of benzene rings is 1. The normalized spacial score (nSPS) is 17.4. The lowest BCUT2D eigenvalue weighted by molar-refractivity contribution is -0.386. The Morgan fingerprint density at radius 3 is 2.48 bits per heavy atom. The molecule has 0 aliphatic carbocycles. The Morgan fingerprint density at radius 2 is 1.96 bits per heavy atom. The molecular formula is C16H25N3O5S. The van der Waals surface area contributed by atoms with Crippen LogP contribution in [0.2, 0.25) is 0 Å². The van der Waals surface area contributed by atoms with Crippen molar-refractivity contribution >= 4 is 21.2 Å². The summed E-state index contributed by atoms with van der Waals surface area (Å²) in [6.07, 6.45) is 0.976. The molecule has 1 unspecified atom stereocenters. The second kappa shape index (κ2) is 8.11. The Hall–Kier alpha value is -1.71. The first-order valence-corrected chi connectivity index (χ1v) is 10.1. The molecule has 1 aromatic rings. The third-order valence-corrected chi connectivity index (χ3v) is 5.50. The summed E-state index contributed by atoms with van der Waals surface area (Å²) < 4.78 is 29.1. The molecule has 1 N–H and O–H groups in total. The van der Waals surface area contributed by atoms with Crippen LogP contribution < -0.4 is 5.32 Å². The Bertz CT molecular complexity index is 714. The monoisotopic (exact) mass is 371 g/mol. The molecule has 0 amide bonds. The lowest BCUT2D eigenvalue weighted by Crippen LogP contribution is -2.49. The standard InChI is InChI=1S/C16H25N3O5S/c1-12(2)14(18-7-9-24-10-8-18)11-17-13-5-4-6-15(25(3,22)23)16(13)19(20)21/h4-6,12,14,17H,7-11H2,1-3H3. The van der Waals surface area contributed by atoms with Crippen LogP contribution in [0.25, 0.3) is 0 Å². The molecule has 0 spiro atoms. The summed E-state index contributed by atoms with van der Waals surface area (Å²) in [7, 11) is -3.68. The maximum absolute atomic E-state index is 11.8. The van der Waals surface area contributed by atoms with E-state index >= 15 is 0 Å². The molecule has 0 aromatic heterocycles. The van der Waals surface area contributed by atoms with Crippen LogP contribution in [0.15, 0.2) is 23.1 Å². The van der Waals surface area contributed by atoms with Crippen LogP contribution in [0, 0.1) is 16.0 Å². The van der Waals surface area contributed by atoms with E-state index in [1.54, 1.807) is 6.07 Å². The average Bonchev–Trinajstić information content (AvgIpc) is 2.54. The van der Waals surface area contributed by atoms with Crippen molar-refractivity contribution in [2.75, 3.05) is 44.4 Å². The molecule has 1 heterocycles. The lowest BCUT2D eigenvalue weighted by atomic mass is 10.0. The summed E-state index contributed by atoms with van der Waals surface area (Å²) in [4.78, 5) is 12.8. The van der Waals surface area contributed by atoms with E-state index < -0.39 is 20.4 Å². The van der Waals surface area contributed by atoms with Gasteiger partial charge in [-0.2, -0.15) is 0 Å². The van der Waals surface area contributed by atoms with E-state index in [4.69, 9.17) is 4.74 Å². The molecule has 8 nitrogen and oxygen atoms in total. The van der Waals surface area contributed by atoms with Crippen molar-refractivity contribution < 1.29 is 18.1 Å². The first-order chi connectivity index (χ1) is 11.7. The molecule has 1 atom stereocenters. The van der Waals surface area contributed by atoms with E-state index in [1.807, 2.05) is 0 Å². The van der Waals surface area contributed by atoms with Crippen molar-refractivity contribution in [3.8, 4) is 0 Å². The quantitative estimate of drug-likeness (QED) is 0.575. The van der Waals surface area contributed by atoms with Crippen molar-refractivity contribution in [1.29, 1.82) is 0 Å². The topological polar surface area (TPSA) is 102 Å². The van der Waals surface area contributed by atoms with Gasteiger partial charge in [0.2, 0.25) is 0 Å². The van der Waals surface area contributed by atoms with Gasteiger partial charge in [-0.25, -0.2) is 8.42 Å². The van der Waals surface area contributed by atoms with E-state index in [0.717, 1.165) is 19.3 Å². The second-order valence-corrected chi connectivity index (χ2v) is 8.51. The highest BCUT2D eigenvalue weighted by Crippen LogP contribution is 2.32. The van der Waals surface area contributed by atoms with Crippen molar-refractivity contribution in [2.24, 2.45) is 5.92 Å². The number of hydrogen-bond acceptors (Lipinski definition) is 7. The highest BCUT2D eigenvalue weighted by atomic mass is 32.2. The van der Waals surface area contributed by atoms with Gasteiger partial charge < -0.3 is 10.1 Å². The van der Waals surface area contributed by atoms with Gasteiger partial charge in [-0.05, 0) is 18.1 Å². The molecule has 25 heavy (non-hydrogen) atoms. The highest BCUT2D eigenvalue weighted by molar-refractivity contribution is 7.90. The van der Waals surface area contributed by atoms with Crippen LogP contribution in [-0.4, -0.2) is 63.4 Å². The van der Waals surface area contributed by atoms with Gasteiger partial charge in [-0.1, -0.05) is 19.9 Å². The number of anilines is 1. The molecule has 140 valence electrons. The maximum atomic E-state index is 11.8. The number of nitro groups is 1. The van der Waals surface area contributed by atoms with Crippen LogP contribution in [-0.2, 0) is 14.6 Å². The Morgan fingerprint density at radius 1 is 1.32 bits per heavy atom. The molecule has 0 saturated carbocycles. The molecule has 1 aromatic carbocycles. The summed E-state index contributed by atoms with van der Waals surface area (Å²) in [5.74, 6) is 0.336. The number of ether oxygens (including phenoxy) is 1. The van der Waals surface area contributed by atoms with Gasteiger partial charge in [0.15, 0.2) is 9.84 Å². The van der Waals surface area contributed by atoms with Crippen molar-refractivity contribution in [2.45, 2.75) is 24.8 Å². The molecule has 1 fully saturated rings. The predicted octanol–water partition coefficient (Wildman–Crippen LogP) is 1.77. The smallest absolute Gasteiger partial charge is 0.310 e. The van der Waals surface area contributed by atoms with Crippen molar-refractivity contribution in [1.82, 2.24) is 4.90 Å². The highest BCUT2D eigenvalue weighted by Gasteiger charge is 2.28. The third kappa shape index (κ3) is 4.90. The minimum Gasteiger partial charge on any atom is -0.379 e. The molecule has 1 saturated heterocycles. The number of nitrogens with zero attached hydrogens (tertiary/aromatic N) is 2. The van der Waals surface area contributed by atoms with Gasteiger partial charge in [0.1, 0.15) is 10.6 Å². The van der Waals surface area contributed by atoms with E-state index in [9.17, 15) is 18.5 Å². The summed E-state index contributed by atoms with van der Waals surface area (Å²) in [6, 6.07) is 4.50. The summed E-state index contributed by atoms with van der Waals surface area (Å²) in [6.45, 7) is 7.67. The van der Waals surface area contributed by atoms with Gasteiger partial charge in [0.25, 0.3) is 0 Å². The van der Waals surface area contributed by atoms with Crippen LogP contribution in [0.4, 0.5) is 11.4 Å². The fourth-order valence-corrected chi connectivity index (χ4v) is 3.92. The summed E-state index contributed by atoms with van der Waals surface area (Å²) in [5, 5.41) is 14.5. The Balaban J connectivity index is 2.25. The molecular weight excluding hydrogens is 346 g/mol. The van der Waals surface area contributed by atoms with Crippen molar-refractivity contribution in [3.05, 3.63) is 28.3 Å². The molecule has 1 aliphatic heterocycles. The SMILES string of the molecule is CC(C)C(CNc1cccc(S(C)(=O)=O)c1[N+](=O)[O-])N1CCOCC1. The molecule has 0 radical (unpaired) electrons. The average molecular weight is 371 g/mol. The molecule has 0 bridgehead atoms. The number of morpholine rings is 1. The fraction of sp³-hybridized carbons (Fsp3) is 0.625. The number of sulfone groups is 1. The predicted molar refractivity (Wildman–Crippen MR) is 95.7 cm³/mol. The largest absolute Gasteiger partial charge is 0.379 e. The van der Waals surface area contributed by atoms with E-state index in [1.165, 1.54) is 12.1 Å². The van der Waals surface area contributed by atoms with Gasteiger partial charge >= 0.3 is 5.69 Å². The van der Waals surface area contributed by atoms with Gasteiger partial charge in [-0.15, -0.1) is 0 Å². The maximum Gasteiger partial charge on any atom is 0.310 e. The first-order valence-electron chi connectivity index (χ1n) is 8.25. The van der Waals surface area contributed by atoms with E-state index in [2.05, 4.69) is 24.1 Å². The number of para-hydroxylation sites is 1. The lowest BCUT2D eigenvalue weighted by Gasteiger charge is -2.37. The first kappa shape index (κ1) is 19.6. The number of nitrogens with one attached hydrogen (secondary N) is 1. The van der Waals surface area contributed by atoms with E-state index in [-0.39, 0.29) is 16.6 Å². The molecule has 2 rings (SSSR count). The molecule has 1 aliphatic rings.